The number of hydrogen-bond donors (Lipinski definition) is 3. The lowest BCUT2D eigenvalue weighted by molar-refractivity contribution is -0.140. The van der Waals surface area contributed by atoms with Crippen molar-refractivity contribution in [2.45, 2.75) is 25.7 Å². The maximum Gasteiger partial charge on any atom is 0.305 e. The van der Waals surface area contributed by atoms with Crippen molar-refractivity contribution in [3.05, 3.63) is 41.2 Å². The third kappa shape index (κ3) is 3.81. The Morgan fingerprint density at radius 2 is 2.04 bits per heavy atom. The normalized spacial score (nSPS) is 14.1. The van der Waals surface area contributed by atoms with Crippen LogP contribution in [0.15, 0.2) is 24.4 Å². The number of methoxy groups -OCH3 is 2. The van der Waals surface area contributed by atoms with E-state index < -0.39 is 0 Å². The monoisotopic (exact) mass is 369 g/mol. The largest absolute Gasteiger partial charge is 0.495 e. The van der Waals surface area contributed by atoms with Gasteiger partial charge >= 0.3 is 5.97 Å². The maximum atomic E-state index is 12.5. The molecule has 0 spiro atoms. The lowest BCUT2D eigenvalue weighted by Crippen LogP contribution is -2.04. The molecule has 0 saturated carbocycles. The lowest BCUT2D eigenvalue weighted by atomic mass is 9.94. The van der Waals surface area contributed by atoms with Gasteiger partial charge in [-0.05, 0) is 49.1 Å². The van der Waals surface area contributed by atoms with E-state index >= 15 is 0 Å². The molecule has 7 heteroatoms. The van der Waals surface area contributed by atoms with Gasteiger partial charge in [0.15, 0.2) is 0 Å². The average Bonchev–Trinajstić information content (AvgIpc) is 3.24. The van der Waals surface area contributed by atoms with Crippen molar-refractivity contribution < 1.29 is 19.1 Å². The first kappa shape index (κ1) is 18.6. The summed E-state index contributed by atoms with van der Waals surface area (Å²) in [5, 5.41) is 2.89. The summed E-state index contributed by atoms with van der Waals surface area (Å²) in [6.07, 6.45) is 6.03. The summed E-state index contributed by atoms with van der Waals surface area (Å²) in [6.45, 7) is 0. The van der Waals surface area contributed by atoms with Gasteiger partial charge in [0, 0.05) is 29.6 Å². The number of fused-ring (bicyclic) bond motifs is 1. The van der Waals surface area contributed by atoms with E-state index in [4.69, 9.17) is 10.5 Å². The van der Waals surface area contributed by atoms with Crippen LogP contribution in [0.3, 0.4) is 0 Å². The van der Waals surface area contributed by atoms with E-state index in [2.05, 4.69) is 15.0 Å². The fourth-order valence-electron chi connectivity index (χ4n) is 3.26. The Bertz CT molecular complexity index is 899. The van der Waals surface area contributed by atoms with Crippen molar-refractivity contribution in [1.82, 2.24) is 4.98 Å². The second kappa shape index (κ2) is 7.99. The fourth-order valence-corrected chi connectivity index (χ4v) is 3.26. The number of rotatable bonds is 7. The topological polar surface area (TPSA) is 106 Å². The van der Waals surface area contributed by atoms with Crippen LogP contribution in [-0.2, 0) is 20.7 Å². The summed E-state index contributed by atoms with van der Waals surface area (Å²) in [5.74, 6) is 0.257. The first-order valence-corrected chi connectivity index (χ1v) is 8.78. The number of esters is 1. The van der Waals surface area contributed by atoms with E-state index in [1.807, 2.05) is 6.07 Å². The maximum absolute atomic E-state index is 12.5. The van der Waals surface area contributed by atoms with Crippen LogP contribution >= 0.6 is 0 Å². The van der Waals surface area contributed by atoms with E-state index in [-0.39, 0.29) is 11.9 Å². The highest BCUT2D eigenvalue weighted by atomic mass is 16.5. The van der Waals surface area contributed by atoms with Gasteiger partial charge in [0.2, 0.25) is 0 Å². The zero-order chi connectivity index (χ0) is 19.4. The van der Waals surface area contributed by atoms with Crippen molar-refractivity contribution in [2.75, 3.05) is 25.3 Å². The van der Waals surface area contributed by atoms with E-state index in [0.29, 0.717) is 36.3 Å². The van der Waals surface area contributed by atoms with Gasteiger partial charge in [0.1, 0.15) is 5.75 Å². The molecule has 2 heterocycles. The summed E-state index contributed by atoms with van der Waals surface area (Å²) < 4.78 is 9.98. The first-order chi connectivity index (χ1) is 13.0. The molecule has 1 amide bonds. The second-order valence-corrected chi connectivity index (χ2v) is 6.31. The second-order valence-electron chi connectivity index (χ2n) is 6.31. The number of nitrogens with two attached hydrogens (primary N) is 1. The summed E-state index contributed by atoms with van der Waals surface area (Å²) in [5.41, 5.74) is 10.6. The number of carbonyl (C=O) groups excluding carboxylic acids is 2. The van der Waals surface area contributed by atoms with Crippen molar-refractivity contribution in [1.29, 1.82) is 0 Å². The quantitative estimate of drug-likeness (QED) is 0.301. The molecule has 142 valence electrons. The molecule has 0 atom stereocenters. The lowest BCUT2D eigenvalue weighted by Gasteiger charge is -2.12. The molecule has 0 fully saturated rings. The zero-order valence-corrected chi connectivity index (χ0v) is 15.4. The number of aromatic nitrogens is 1. The molecule has 4 N–H and O–H groups in total. The standard InChI is InChI=1S/C20H23N3O4/c1-26-17-9-10-22-16(17)11-13-19-12(5-3-4-6-18(24)27-2)14(21)7-8-15(19)23-20(13)25/h7-11,22H,3-6,21H2,1-2H3,(H,23,25)/b13-11-. The average molecular weight is 369 g/mol. The van der Waals surface area contributed by atoms with E-state index in [0.717, 1.165) is 28.9 Å². The Labute approximate surface area is 157 Å². The highest BCUT2D eigenvalue weighted by Gasteiger charge is 2.28. The molecule has 3 rings (SSSR count). The molecule has 1 aromatic heterocycles. The Balaban J connectivity index is 1.91. The molecule has 0 bridgehead atoms. The molecule has 0 saturated heterocycles. The van der Waals surface area contributed by atoms with Crippen LogP contribution in [-0.4, -0.2) is 31.1 Å². The molecule has 1 aliphatic rings. The molecule has 0 aliphatic carbocycles. The van der Waals surface area contributed by atoms with Crippen LogP contribution in [0.4, 0.5) is 11.4 Å². The van der Waals surface area contributed by atoms with Gasteiger partial charge < -0.3 is 25.5 Å². The molecular formula is C20H23N3O4. The Morgan fingerprint density at radius 3 is 2.78 bits per heavy atom. The molecular weight excluding hydrogens is 346 g/mol. The molecule has 7 nitrogen and oxygen atoms in total. The van der Waals surface area contributed by atoms with Gasteiger partial charge in [-0.15, -0.1) is 0 Å². The molecule has 2 aromatic rings. The van der Waals surface area contributed by atoms with E-state index in [1.54, 1.807) is 31.5 Å². The number of H-pyrrole nitrogens is 1. The van der Waals surface area contributed by atoms with Gasteiger partial charge in [0.25, 0.3) is 5.91 Å². The van der Waals surface area contributed by atoms with Crippen molar-refractivity contribution in [3.63, 3.8) is 0 Å². The summed E-state index contributed by atoms with van der Waals surface area (Å²) in [4.78, 5) is 26.9. The Hall–Kier alpha value is -3.22. The van der Waals surface area contributed by atoms with Gasteiger partial charge in [0.05, 0.1) is 25.5 Å². The van der Waals surface area contributed by atoms with Crippen LogP contribution in [0.2, 0.25) is 0 Å². The minimum Gasteiger partial charge on any atom is -0.495 e. The smallest absolute Gasteiger partial charge is 0.305 e. The SMILES string of the molecule is COC(=O)CCCCc1c(N)ccc2c1/C(=C/c1[nH]ccc1OC)C(=O)N2. The number of benzene rings is 1. The Kier molecular flexibility index (Phi) is 5.49. The predicted molar refractivity (Wildman–Crippen MR) is 104 cm³/mol. The summed E-state index contributed by atoms with van der Waals surface area (Å²) in [7, 11) is 2.96. The van der Waals surface area contributed by atoms with Gasteiger partial charge in [-0.1, -0.05) is 0 Å². The van der Waals surface area contributed by atoms with Crippen LogP contribution in [0.25, 0.3) is 11.6 Å². The number of anilines is 2. The van der Waals surface area contributed by atoms with E-state index in [1.165, 1.54) is 7.11 Å². The minimum absolute atomic E-state index is 0.178. The number of carbonyl (C=O) groups is 2. The summed E-state index contributed by atoms with van der Waals surface area (Å²) >= 11 is 0. The van der Waals surface area contributed by atoms with Crippen molar-refractivity contribution >= 4 is 34.9 Å². The first-order valence-electron chi connectivity index (χ1n) is 8.78. The third-order valence-electron chi connectivity index (χ3n) is 4.64. The van der Waals surface area contributed by atoms with Crippen LogP contribution in [0.1, 0.15) is 36.1 Å². The molecule has 1 aliphatic heterocycles. The highest BCUT2D eigenvalue weighted by Crippen LogP contribution is 2.39. The van der Waals surface area contributed by atoms with Gasteiger partial charge in [-0.2, -0.15) is 0 Å². The minimum atomic E-state index is -0.225. The number of unbranched alkanes of at least 4 members (excludes halogenated alkanes) is 1. The van der Waals surface area contributed by atoms with Crippen LogP contribution in [0, 0.1) is 0 Å². The number of nitrogens with one attached hydrogen (secondary N) is 2. The number of ether oxygens (including phenoxy) is 2. The van der Waals surface area contributed by atoms with Crippen LogP contribution in [0.5, 0.6) is 5.75 Å². The van der Waals surface area contributed by atoms with E-state index in [9.17, 15) is 9.59 Å². The predicted octanol–water partition coefficient (Wildman–Crippen LogP) is 2.98. The molecule has 0 radical (unpaired) electrons. The van der Waals surface area contributed by atoms with Crippen LogP contribution < -0.4 is 15.8 Å². The van der Waals surface area contributed by atoms with Crippen molar-refractivity contribution in [2.24, 2.45) is 0 Å². The van der Waals surface area contributed by atoms with Crippen molar-refractivity contribution in [3.8, 4) is 5.75 Å². The fraction of sp³-hybridized carbons (Fsp3) is 0.300. The number of hydrogen-bond acceptors (Lipinski definition) is 5. The number of nitrogen functional groups attached to an aromatic ring is 1. The zero-order valence-electron chi connectivity index (χ0n) is 15.4. The van der Waals surface area contributed by atoms with Gasteiger partial charge in [-0.3, -0.25) is 9.59 Å². The molecule has 1 aromatic carbocycles. The summed E-state index contributed by atoms with van der Waals surface area (Å²) in [6, 6.07) is 5.41. The number of aromatic amines is 1. The number of amides is 1. The van der Waals surface area contributed by atoms with Gasteiger partial charge in [-0.25, -0.2) is 0 Å². The molecule has 0 unspecified atom stereocenters. The highest BCUT2D eigenvalue weighted by molar-refractivity contribution is 6.35. The Morgan fingerprint density at radius 1 is 1.22 bits per heavy atom. The molecule has 27 heavy (non-hydrogen) atoms. The third-order valence-corrected chi connectivity index (χ3v) is 4.64.